The first-order chi connectivity index (χ1) is 9.66. The number of rotatable bonds is 7. The number of likely N-dealkylation sites (tertiary alicyclic amines) is 1. The van der Waals surface area contributed by atoms with Crippen LogP contribution in [0.4, 0.5) is 0 Å². The van der Waals surface area contributed by atoms with Crippen LogP contribution < -0.4 is 0 Å². The molecule has 1 aliphatic rings. The number of hydrogen-bond donors (Lipinski definition) is 1. The summed E-state index contributed by atoms with van der Waals surface area (Å²) in [6, 6.07) is 9.98. The van der Waals surface area contributed by atoms with Gasteiger partial charge in [-0.2, -0.15) is 0 Å². The minimum atomic E-state index is -0.755. The predicted octanol–water partition coefficient (Wildman–Crippen LogP) is 2.18. The Labute approximate surface area is 120 Å². The second-order valence-electron chi connectivity index (χ2n) is 5.38. The maximum atomic E-state index is 10.9. The van der Waals surface area contributed by atoms with Crippen molar-refractivity contribution in [2.75, 3.05) is 19.7 Å². The van der Waals surface area contributed by atoms with Gasteiger partial charge in [0.1, 0.15) is 6.04 Å². The molecule has 0 saturated carbocycles. The standard InChI is InChI=1S/C16H23NO3/c1-13(16(18)19)17-10-9-15(12-17)20-11-5-8-14-6-3-2-4-7-14/h2-4,6-7,13,15H,5,8-12H2,1H3,(H,18,19)/t13-,15+/m1/s1. The molecule has 1 aromatic carbocycles. The molecular weight excluding hydrogens is 254 g/mol. The van der Waals surface area contributed by atoms with E-state index >= 15 is 0 Å². The van der Waals surface area contributed by atoms with Gasteiger partial charge >= 0.3 is 5.97 Å². The Morgan fingerprint density at radius 3 is 2.90 bits per heavy atom. The van der Waals surface area contributed by atoms with Crippen LogP contribution in [0.2, 0.25) is 0 Å². The molecule has 20 heavy (non-hydrogen) atoms. The van der Waals surface area contributed by atoms with Gasteiger partial charge in [-0.1, -0.05) is 30.3 Å². The topological polar surface area (TPSA) is 49.8 Å². The summed E-state index contributed by atoms with van der Waals surface area (Å²) in [5.74, 6) is -0.755. The van der Waals surface area contributed by atoms with E-state index in [4.69, 9.17) is 9.84 Å². The van der Waals surface area contributed by atoms with E-state index in [2.05, 4.69) is 24.3 Å². The predicted molar refractivity (Wildman–Crippen MR) is 77.8 cm³/mol. The smallest absolute Gasteiger partial charge is 0.320 e. The van der Waals surface area contributed by atoms with Gasteiger partial charge in [0, 0.05) is 19.7 Å². The minimum absolute atomic E-state index is 0.188. The lowest BCUT2D eigenvalue weighted by atomic mass is 10.1. The lowest BCUT2D eigenvalue weighted by Gasteiger charge is -2.20. The van der Waals surface area contributed by atoms with Crippen LogP contribution in [0.3, 0.4) is 0 Å². The number of benzene rings is 1. The molecule has 0 aromatic heterocycles. The van der Waals surface area contributed by atoms with Crippen molar-refractivity contribution in [2.24, 2.45) is 0 Å². The van der Waals surface area contributed by atoms with E-state index in [1.54, 1.807) is 6.92 Å². The summed E-state index contributed by atoms with van der Waals surface area (Å²) in [5.41, 5.74) is 1.34. The Hall–Kier alpha value is -1.39. The summed E-state index contributed by atoms with van der Waals surface area (Å²) in [6.07, 6.45) is 3.16. The van der Waals surface area contributed by atoms with Crippen molar-refractivity contribution in [1.29, 1.82) is 0 Å². The van der Waals surface area contributed by atoms with Gasteiger partial charge in [0.15, 0.2) is 0 Å². The Morgan fingerprint density at radius 2 is 2.20 bits per heavy atom. The summed E-state index contributed by atoms with van der Waals surface area (Å²) >= 11 is 0. The van der Waals surface area contributed by atoms with E-state index < -0.39 is 12.0 Å². The number of aliphatic carboxylic acids is 1. The van der Waals surface area contributed by atoms with Gasteiger partial charge in [0.25, 0.3) is 0 Å². The molecule has 2 rings (SSSR count). The van der Waals surface area contributed by atoms with Crippen molar-refractivity contribution in [1.82, 2.24) is 4.90 Å². The fourth-order valence-electron chi connectivity index (χ4n) is 2.57. The highest BCUT2D eigenvalue weighted by Gasteiger charge is 2.29. The van der Waals surface area contributed by atoms with Crippen molar-refractivity contribution in [3.63, 3.8) is 0 Å². The largest absolute Gasteiger partial charge is 0.480 e. The van der Waals surface area contributed by atoms with Crippen LogP contribution in [0.1, 0.15) is 25.3 Å². The third-order valence-electron chi connectivity index (χ3n) is 3.89. The molecule has 4 heteroatoms. The summed E-state index contributed by atoms with van der Waals surface area (Å²) in [4.78, 5) is 12.9. The van der Waals surface area contributed by atoms with Crippen molar-refractivity contribution in [3.05, 3.63) is 35.9 Å². The zero-order chi connectivity index (χ0) is 14.4. The highest BCUT2D eigenvalue weighted by Crippen LogP contribution is 2.16. The van der Waals surface area contributed by atoms with Crippen LogP contribution in [0, 0.1) is 0 Å². The van der Waals surface area contributed by atoms with Gasteiger partial charge in [-0.05, 0) is 31.7 Å². The molecule has 0 spiro atoms. The Bertz CT molecular complexity index is 421. The summed E-state index contributed by atoms with van der Waals surface area (Å²) in [7, 11) is 0. The van der Waals surface area contributed by atoms with Crippen LogP contribution in [0.5, 0.6) is 0 Å². The molecule has 1 saturated heterocycles. The molecule has 1 aliphatic heterocycles. The summed E-state index contributed by atoms with van der Waals surface area (Å²) < 4.78 is 5.85. The van der Waals surface area contributed by atoms with Crippen molar-refractivity contribution in [3.8, 4) is 0 Å². The molecule has 0 unspecified atom stereocenters. The maximum Gasteiger partial charge on any atom is 0.320 e. The zero-order valence-electron chi connectivity index (χ0n) is 12.0. The fraction of sp³-hybridized carbons (Fsp3) is 0.562. The molecule has 0 amide bonds. The van der Waals surface area contributed by atoms with Crippen LogP contribution in [-0.4, -0.2) is 47.8 Å². The summed E-state index contributed by atoms with van der Waals surface area (Å²) in [5, 5.41) is 8.99. The van der Waals surface area contributed by atoms with Crippen LogP contribution in [-0.2, 0) is 16.0 Å². The lowest BCUT2D eigenvalue weighted by molar-refractivity contribution is -0.142. The van der Waals surface area contributed by atoms with E-state index in [0.717, 1.165) is 39.0 Å². The first-order valence-electron chi connectivity index (χ1n) is 7.29. The van der Waals surface area contributed by atoms with Crippen molar-refractivity contribution in [2.45, 2.75) is 38.3 Å². The Morgan fingerprint density at radius 1 is 1.45 bits per heavy atom. The SMILES string of the molecule is C[C@H](C(=O)O)N1CC[C@H](OCCCc2ccccc2)C1. The second kappa shape index (κ2) is 7.41. The van der Waals surface area contributed by atoms with Crippen LogP contribution in [0.25, 0.3) is 0 Å². The highest BCUT2D eigenvalue weighted by atomic mass is 16.5. The molecule has 1 N–H and O–H groups in total. The third kappa shape index (κ3) is 4.32. The first kappa shape index (κ1) is 15.0. The van der Waals surface area contributed by atoms with Gasteiger partial charge in [-0.3, -0.25) is 9.69 Å². The van der Waals surface area contributed by atoms with E-state index in [1.807, 2.05) is 11.0 Å². The number of carboxylic acid groups (broad SMARTS) is 1. The van der Waals surface area contributed by atoms with Crippen molar-refractivity contribution >= 4 is 5.97 Å². The van der Waals surface area contributed by atoms with Gasteiger partial charge < -0.3 is 9.84 Å². The van der Waals surface area contributed by atoms with Gasteiger partial charge in [-0.25, -0.2) is 0 Å². The summed E-state index contributed by atoms with van der Waals surface area (Å²) in [6.45, 7) is 4.03. The number of ether oxygens (including phenoxy) is 1. The Balaban J connectivity index is 1.63. The molecular formula is C16H23NO3. The van der Waals surface area contributed by atoms with Gasteiger partial charge in [0.2, 0.25) is 0 Å². The number of nitrogens with zero attached hydrogens (tertiary/aromatic N) is 1. The third-order valence-corrected chi connectivity index (χ3v) is 3.89. The zero-order valence-corrected chi connectivity index (χ0v) is 12.0. The molecule has 1 heterocycles. The molecule has 1 aromatic rings. The van der Waals surface area contributed by atoms with Gasteiger partial charge in [-0.15, -0.1) is 0 Å². The van der Waals surface area contributed by atoms with Crippen molar-refractivity contribution < 1.29 is 14.6 Å². The average Bonchev–Trinajstić information content (AvgIpc) is 2.92. The number of aryl methyl sites for hydroxylation is 1. The quantitative estimate of drug-likeness (QED) is 0.776. The number of hydrogen-bond acceptors (Lipinski definition) is 3. The molecule has 4 nitrogen and oxygen atoms in total. The van der Waals surface area contributed by atoms with Crippen LogP contribution in [0.15, 0.2) is 30.3 Å². The highest BCUT2D eigenvalue weighted by molar-refractivity contribution is 5.72. The fourth-order valence-corrected chi connectivity index (χ4v) is 2.57. The van der Waals surface area contributed by atoms with Gasteiger partial charge in [0.05, 0.1) is 6.10 Å². The molecule has 1 fully saturated rings. The number of carbonyl (C=O) groups is 1. The maximum absolute atomic E-state index is 10.9. The second-order valence-corrected chi connectivity index (χ2v) is 5.38. The lowest BCUT2D eigenvalue weighted by Crippen LogP contribution is -2.37. The molecule has 0 bridgehead atoms. The van der Waals surface area contributed by atoms with E-state index in [9.17, 15) is 4.79 Å². The van der Waals surface area contributed by atoms with E-state index in [1.165, 1.54) is 5.56 Å². The van der Waals surface area contributed by atoms with E-state index in [0.29, 0.717) is 0 Å². The minimum Gasteiger partial charge on any atom is -0.480 e. The molecule has 0 radical (unpaired) electrons. The molecule has 2 atom stereocenters. The first-order valence-corrected chi connectivity index (χ1v) is 7.29. The van der Waals surface area contributed by atoms with Crippen LogP contribution >= 0.6 is 0 Å². The normalized spacial score (nSPS) is 20.9. The molecule has 0 aliphatic carbocycles. The Kier molecular flexibility index (Phi) is 5.56. The van der Waals surface area contributed by atoms with E-state index in [-0.39, 0.29) is 6.10 Å². The average molecular weight is 277 g/mol. The molecule has 110 valence electrons. The monoisotopic (exact) mass is 277 g/mol. The number of carboxylic acids is 1.